The van der Waals surface area contributed by atoms with Crippen molar-refractivity contribution < 1.29 is 0 Å². The molecule has 2 aromatic heterocycles. The van der Waals surface area contributed by atoms with Crippen LogP contribution < -0.4 is 0 Å². The fourth-order valence-corrected chi connectivity index (χ4v) is 11.6. The van der Waals surface area contributed by atoms with Crippen molar-refractivity contribution in [2.45, 2.75) is 57.8 Å². The minimum atomic E-state index is 0.0538. The van der Waals surface area contributed by atoms with E-state index in [0.717, 1.165) is 39.5 Å². The van der Waals surface area contributed by atoms with Gasteiger partial charge in [0.15, 0.2) is 0 Å². The summed E-state index contributed by atoms with van der Waals surface area (Å²) in [4.78, 5) is 10.4. The van der Waals surface area contributed by atoms with Gasteiger partial charge >= 0.3 is 0 Å². The molecular weight excluding hydrogens is 721 g/mol. The smallest absolute Gasteiger partial charge is 0.0979 e. The van der Waals surface area contributed by atoms with Crippen LogP contribution in [0.15, 0.2) is 158 Å². The third kappa shape index (κ3) is 5.37. The first kappa shape index (κ1) is 35.0. The summed E-state index contributed by atoms with van der Waals surface area (Å²) < 4.78 is 2.66. The molecule has 0 N–H and O–H groups in total. The lowest BCUT2D eigenvalue weighted by Gasteiger charge is -2.31. The lowest BCUT2D eigenvalue weighted by molar-refractivity contribution is 0.437. The van der Waals surface area contributed by atoms with Gasteiger partial charge in [0.1, 0.15) is 0 Å². The van der Waals surface area contributed by atoms with Gasteiger partial charge in [-0.3, -0.25) is 4.98 Å². The van der Waals surface area contributed by atoms with Crippen LogP contribution >= 0.6 is 11.3 Å². The van der Waals surface area contributed by atoms with Crippen LogP contribution in [-0.2, 0) is 5.41 Å². The SMILES string of the molecule is CCCCCCC1(CC)c2ccccc2-c2ccc(-c3cccc4c3sc3c(-c5cccc(-c6cnc7c8ccccc8c8ccccc8c7n6)c5)cccc34)cc21. The summed E-state index contributed by atoms with van der Waals surface area (Å²) in [6, 6.07) is 56.2. The average molecular weight is 765 g/mol. The van der Waals surface area contributed by atoms with E-state index in [0.29, 0.717) is 0 Å². The van der Waals surface area contributed by atoms with E-state index in [1.165, 1.54) is 108 Å². The monoisotopic (exact) mass is 764 g/mol. The Hall–Kier alpha value is -6.16. The average Bonchev–Trinajstić information content (AvgIpc) is 3.81. The molecule has 0 amide bonds. The standard InChI is InChI=1S/C55H44N2S/c1-3-5-6-13-31-55(4-2)48-28-12-11-21-42(48)43-30-29-36(33-49(43)55)39-25-16-27-47-46-26-15-24-38(53(46)58-54(39)47)35-17-14-18-37(32-35)50-34-56-51-44-22-9-7-19-40(44)41-20-8-10-23-45(41)52(51)57-50/h7-12,14-30,32-34H,3-6,13,31H2,1-2H3. The molecule has 0 saturated carbocycles. The molecule has 1 aliphatic rings. The summed E-state index contributed by atoms with van der Waals surface area (Å²) in [5, 5.41) is 7.31. The Morgan fingerprint density at radius 1 is 0.466 bits per heavy atom. The lowest BCUT2D eigenvalue weighted by atomic mass is 9.72. The van der Waals surface area contributed by atoms with Gasteiger partial charge in [-0.05, 0) is 80.3 Å². The van der Waals surface area contributed by atoms with Gasteiger partial charge in [0.05, 0.1) is 22.9 Å². The molecule has 280 valence electrons. The number of benzene rings is 8. The highest BCUT2D eigenvalue weighted by Crippen LogP contribution is 2.55. The van der Waals surface area contributed by atoms with Gasteiger partial charge in [-0.1, -0.05) is 179 Å². The molecule has 0 aliphatic heterocycles. The molecule has 58 heavy (non-hydrogen) atoms. The molecule has 0 bridgehead atoms. The molecule has 1 atom stereocenters. The third-order valence-electron chi connectivity index (χ3n) is 13.1. The Morgan fingerprint density at radius 3 is 1.78 bits per heavy atom. The number of unbranched alkanes of at least 4 members (excludes halogenated alkanes) is 3. The molecule has 1 aliphatic carbocycles. The van der Waals surface area contributed by atoms with Crippen molar-refractivity contribution in [1.29, 1.82) is 0 Å². The van der Waals surface area contributed by atoms with E-state index >= 15 is 0 Å². The maximum Gasteiger partial charge on any atom is 0.0979 e. The number of aromatic nitrogens is 2. The molecule has 0 radical (unpaired) electrons. The summed E-state index contributed by atoms with van der Waals surface area (Å²) in [6.45, 7) is 4.71. The summed E-state index contributed by atoms with van der Waals surface area (Å²) in [5.41, 5.74) is 14.8. The molecule has 0 spiro atoms. The van der Waals surface area contributed by atoms with Crippen LogP contribution in [0.1, 0.15) is 63.5 Å². The van der Waals surface area contributed by atoms with Gasteiger partial charge in [-0.2, -0.15) is 0 Å². The Morgan fingerprint density at radius 2 is 1.05 bits per heavy atom. The fraction of sp³-hybridized carbons (Fsp3) is 0.164. The molecular formula is C55H44N2S. The van der Waals surface area contributed by atoms with Crippen LogP contribution in [0, 0.1) is 0 Å². The molecule has 10 aromatic rings. The molecule has 8 aromatic carbocycles. The second-order valence-corrected chi connectivity index (χ2v) is 17.2. The highest BCUT2D eigenvalue weighted by Gasteiger charge is 2.41. The van der Waals surface area contributed by atoms with Gasteiger partial charge in [0.2, 0.25) is 0 Å². The van der Waals surface area contributed by atoms with E-state index in [9.17, 15) is 0 Å². The third-order valence-corrected chi connectivity index (χ3v) is 14.3. The number of fused-ring (bicyclic) bond motifs is 12. The van der Waals surface area contributed by atoms with Crippen LogP contribution in [0.4, 0.5) is 0 Å². The fourth-order valence-electron chi connectivity index (χ4n) is 10.2. The molecule has 2 nitrogen and oxygen atoms in total. The molecule has 11 rings (SSSR count). The zero-order valence-electron chi connectivity index (χ0n) is 33.1. The van der Waals surface area contributed by atoms with Crippen LogP contribution in [0.3, 0.4) is 0 Å². The van der Waals surface area contributed by atoms with Crippen molar-refractivity contribution in [1.82, 2.24) is 9.97 Å². The topological polar surface area (TPSA) is 25.8 Å². The van der Waals surface area contributed by atoms with Crippen molar-refractivity contribution in [3.63, 3.8) is 0 Å². The zero-order chi connectivity index (χ0) is 38.8. The second kappa shape index (κ2) is 14.0. The predicted octanol–water partition coefficient (Wildman–Crippen LogP) is 16.0. The summed E-state index contributed by atoms with van der Waals surface area (Å²) >= 11 is 1.93. The van der Waals surface area contributed by atoms with Gasteiger partial charge in [0.25, 0.3) is 0 Å². The first-order valence-corrected chi connectivity index (χ1v) is 21.8. The largest absolute Gasteiger partial charge is 0.252 e. The van der Waals surface area contributed by atoms with E-state index in [4.69, 9.17) is 9.97 Å². The van der Waals surface area contributed by atoms with Crippen molar-refractivity contribution in [2.75, 3.05) is 0 Å². The van der Waals surface area contributed by atoms with Gasteiger partial charge in [0, 0.05) is 41.9 Å². The number of rotatable bonds is 9. The quantitative estimate of drug-likeness (QED) is 0.108. The molecule has 1 unspecified atom stereocenters. The van der Waals surface area contributed by atoms with E-state index in [-0.39, 0.29) is 5.41 Å². The van der Waals surface area contributed by atoms with E-state index < -0.39 is 0 Å². The maximum atomic E-state index is 5.32. The first-order chi connectivity index (χ1) is 28.7. The van der Waals surface area contributed by atoms with Gasteiger partial charge < -0.3 is 0 Å². The summed E-state index contributed by atoms with van der Waals surface area (Å²) in [7, 11) is 0. The number of nitrogens with zero attached hydrogens (tertiary/aromatic N) is 2. The van der Waals surface area contributed by atoms with Crippen molar-refractivity contribution >= 4 is 64.1 Å². The Balaban J connectivity index is 1.02. The normalized spacial score (nSPS) is 14.9. The molecule has 0 saturated heterocycles. The highest BCUT2D eigenvalue weighted by atomic mass is 32.1. The zero-order valence-corrected chi connectivity index (χ0v) is 33.9. The number of hydrogen-bond acceptors (Lipinski definition) is 3. The molecule has 0 fully saturated rings. The van der Waals surface area contributed by atoms with Crippen LogP contribution in [0.25, 0.3) is 97.4 Å². The lowest BCUT2D eigenvalue weighted by Crippen LogP contribution is -2.24. The van der Waals surface area contributed by atoms with Crippen LogP contribution in [0.5, 0.6) is 0 Å². The van der Waals surface area contributed by atoms with Crippen LogP contribution in [0.2, 0.25) is 0 Å². The van der Waals surface area contributed by atoms with E-state index in [1.807, 2.05) is 17.5 Å². The number of thiophene rings is 1. The number of hydrogen-bond donors (Lipinski definition) is 0. The Kier molecular flexibility index (Phi) is 8.48. The summed E-state index contributed by atoms with van der Waals surface area (Å²) in [6.07, 6.45) is 9.38. The molecule has 3 heteroatoms. The minimum Gasteiger partial charge on any atom is -0.252 e. The highest BCUT2D eigenvalue weighted by molar-refractivity contribution is 7.26. The minimum absolute atomic E-state index is 0.0538. The van der Waals surface area contributed by atoms with Crippen molar-refractivity contribution in [3.05, 3.63) is 169 Å². The predicted molar refractivity (Wildman–Crippen MR) is 249 cm³/mol. The van der Waals surface area contributed by atoms with Crippen LogP contribution in [-0.4, -0.2) is 9.97 Å². The van der Waals surface area contributed by atoms with E-state index in [1.54, 1.807) is 0 Å². The Labute approximate surface area is 343 Å². The molecule has 2 heterocycles. The second-order valence-electron chi connectivity index (χ2n) is 16.1. The van der Waals surface area contributed by atoms with Gasteiger partial charge in [-0.15, -0.1) is 11.3 Å². The van der Waals surface area contributed by atoms with Gasteiger partial charge in [-0.25, -0.2) is 4.98 Å². The summed E-state index contributed by atoms with van der Waals surface area (Å²) in [5.74, 6) is 0. The Bertz CT molecular complexity index is 3190. The van der Waals surface area contributed by atoms with E-state index in [2.05, 4.69) is 166 Å². The van der Waals surface area contributed by atoms with Crippen molar-refractivity contribution in [3.8, 4) is 44.6 Å². The first-order valence-electron chi connectivity index (χ1n) is 21.0. The maximum absolute atomic E-state index is 5.32. The van der Waals surface area contributed by atoms with Crippen molar-refractivity contribution in [2.24, 2.45) is 0 Å².